The van der Waals surface area contributed by atoms with Crippen molar-refractivity contribution in [3.05, 3.63) is 29.8 Å². The molecule has 4 nitrogen and oxygen atoms in total. The second-order valence-electron chi connectivity index (χ2n) is 7.26. The van der Waals surface area contributed by atoms with Gasteiger partial charge in [-0.1, -0.05) is 19.1 Å². The first-order chi connectivity index (χ1) is 10.7. The van der Waals surface area contributed by atoms with Gasteiger partial charge in [0.1, 0.15) is 5.60 Å². The third-order valence-corrected chi connectivity index (χ3v) is 4.98. The molecule has 1 amide bonds. The Hall–Kier alpha value is -1.36. The van der Waals surface area contributed by atoms with E-state index in [1.54, 1.807) is 11.9 Å². The summed E-state index contributed by atoms with van der Waals surface area (Å²) in [5.41, 5.74) is 1.76. The Morgan fingerprint density at radius 1 is 1.43 bits per heavy atom. The molecular weight excluding hydrogens is 308 g/mol. The summed E-state index contributed by atoms with van der Waals surface area (Å²) in [7, 11) is 1.77. The Morgan fingerprint density at radius 3 is 2.78 bits per heavy atom. The van der Waals surface area contributed by atoms with Crippen LogP contribution in [-0.2, 0) is 11.3 Å². The van der Waals surface area contributed by atoms with Crippen molar-refractivity contribution in [3.63, 3.8) is 0 Å². The van der Waals surface area contributed by atoms with Crippen LogP contribution in [0.3, 0.4) is 0 Å². The third-order valence-electron chi connectivity index (χ3n) is 3.62. The van der Waals surface area contributed by atoms with E-state index in [0.29, 0.717) is 12.6 Å². The number of amides is 1. The number of thioether (sulfide) groups is 1. The lowest BCUT2D eigenvalue weighted by molar-refractivity contribution is 0.0285. The highest BCUT2D eigenvalue weighted by atomic mass is 32.2. The van der Waals surface area contributed by atoms with Crippen LogP contribution in [0.5, 0.6) is 0 Å². The molecule has 0 radical (unpaired) electrons. The molecule has 5 heteroatoms. The fraction of sp³-hybridized carbons (Fsp3) is 0.611. The topological polar surface area (TPSA) is 41.6 Å². The van der Waals surface area contributed by atoms with Gasteiger partial charge in [0.2, 0.25) is 0 Å². The lowest BCUT2D eigenvalue weighted by atomic mass is 10.1. The van der Waals surface area contributed by atoms with E-state index in [4.69, 9.17) is 4.74 Å². The minimum atomic E-state index is -0.467. The van der Waals surface area contributed by atoms with Gasteiger partial charge >= 0.3 is 6.09 Å². The molecule has 0 spiro atoms. The molecule has 0 aromatic heterocycles. The monoisotopic (exact) mass is 336 g/mol. The average Bonchev–Trinajstić information content (AvgIpc) is 2.82. The van der Waals surface area contributed by atoms with Gasteiger partial charge in [-0.15, -0.1) is 0 Å². The molecule has 1 aromatic carbocycles. The molecule has 0 aliphatic carbocycles. The summed E-state index contributed by atoms with van der Waals surface area (Å²) >= 11 is 2.02. The van der Waals surface area contributed by atoms with Crippen LogP contribution in [0, 0.1) is 0 Å². The Labute approximate surface area is 144 Å². The number of rotatable bonds is 4. The Balaban J connectivity index is 1.93. The second-order valence-corrected chi connectivity index (χ2v) is 8.73. The Kier molecular flexibility index (Phi) is 5.84. The summed E-state index contributed by atoms with van der Waals surface area (Å²) in [6.07, 6.45) is 0.907. The summed E-state index contributed by atoms with van der Waals surface area (Å²) < 4.78 is 5.39. The third kappa shape index (κ3) is 5.98. The molecule has 23 heavy (non-hydrogen) atoms. The molecular formula is C18H28N2O2S. The molecule has 0 saturated carbocycles. The van der Waals surface area contributed by atoms with Crippen LogP contribution in [0.15, 0.2) is 24.3 Å². The molecule has 2 atom stereocenters. The van der Waals surface area contributed by atoms with Gasteiger partial charge in [-0.25, -0.2) is 4.79 Å². The summed E-state index contributed by atoms with van der Waals surface area (Å²) in [4.78, 5) is 13.7. The molecule has 0 bridgehead atoms. The van der Waals surface area contributed by atoms with Gasteiger partial charge in [-0.2, -0.15) is 11.8 Å². The quantitative estimate of drug-likeness (QED) is 0.887. The first-order valence-electron chi connectivity index (χ1n) is 8.14. The fourth-order valence-corrected chi connectivity index (χ4v) is 3.74. The predicted molar refractivity (Wildman–Crippen MR) is 98.1 cm³/mol. The maximum absolute atomic E-state index is 12.0. The first kappa shape index (κ1) is 18.0. The van der Waals surface area contributed by atoms with Crippen LogP contribution >= 0.6 is 11.8 Å². The number of nitrogens with zero attached hydrogens (tertiary/aromatic N) is 1. The van der Waals surface area contributed by atoms with E-state index in [2.05, 4.69) is 24.4 Å². The van der Waals surface area contributed by atoms with E-state index in [-0.39, 0.29) is 6.09 Å². The number of hydrogen-bond donors (Lipinski definition) is 1. The SMILES string of the molecule is CC1CC(Nc2cccc(CN(C)C(=O)OC(C)(C)C)c2)CS1. The first-order valence-corrected chi connectivity index (χ1v) is 9.19. The number of anilines is 1. The normalized spacial score (nSPS) is 21.1. The van der Waals surface area contributed by atoms with Gasteiger partial charge in [0.15, 0.2) is 0 Å². The van der Waals surface area contributed by atoms with Gasteiger partial charge in [0, 0.05) is 36.3 Å². The molecule has 2 rings (SSSR count). The van der Waals surface area contributed by atoms with Gasteiger partial charge in [0.05, 0.1) is 0 Å². The molecule has 1 aliphatic rings. The minimum Gasteiger partial charge on any atom is -0.444 e. The molecule has 1 aliphatic heterocycles. The summed E-state index contributed by atoms with van der Waals surface area (Å²) in [6.45, 7) is 8.45. The maximum atomic E-state index is 12.0. The second kappa shape index (κ2) is 7.47. The van der Waals surface area contributed by atoms with Gasteiger partial charge in [-0.05, 0) is 44.9 Å². The summed E-state index contributed by atoms with van der Waals surface area (Å²) in [5, 5.41) is 4.33. The van der Waals surface area contributed by atoms with E-state index < -0.39 is 5.60 Å². The van der Waals surface area contributed by atoms with Crippen LogP contribution in [-0.4, -0.2) is 40.7 Å². The van der Waals surface area contributed by atoms with Crippen molar-refractivity contribution >= 4 is 23.5 Å². The predicted octanol–water partition coefficient (Wildman–Crippen LogP) is 4.36. The molecule has 128 valence electrons. The highest BCUT2D eigenvalue weighted by Crippen LogP contribution is 2.28. The number of nitrogens with one attached hydrogen (secondary N) is 1. The standard InChI is InChI=1S/C18H28N2O2S/c1-13-9-16(12-23-13)19-15-8-6-7-14(10-15)11-20(5)17(21)22-18(2,3)4/h6-8,10,13,16,19H,9,11-12H2,1-5H3. The fourth-order valence-electron chi connectivity index (χ4n) is 2.59. The van der Waals surface area contributed by atoms with Crippen molar-refractivity contribution in [1.82, 2.24) is 4.90 Å². The van der Waals surface area contributed by atoms with Crippen LogP contribution in [0.25, 0.3) is 0 Å². The van der Waals surface area contributed by atoms with Crippen molar-refractivity contribution in [2.45, 2.75) is 57.6 Å². The zero-order chi connectivity index (χ0) is 17.0. The number of ether oxygens (including phenoxy) is 1. The molecule has 1 aromatic rings. The Bertz CT molecular complexity index is 542. The molecule has 1 heterocycles. The van der Waals surface area contributed by atoms with Crippen LogP contribution in [0.4, 0.5) is 10.5 Å². The van der Waals surface area contributed by atoms with Gasteiger partial charge in [-0.3, -0.25) is 0 Å². The average molecular weight is 337 g/mol. The molecule has 1 N–H and O–H groups in total. The smallest absolute Gasteiger partial charge is 0.410 e. The number of carbonyl (C=O) groups excluding carboxylic acids is 1. The van der Waals surface area contributed by atoms with Crippen molar-refractivity contribution in [2.75, 3.05) is 18.1 Å². The van der Waals surface area contributed by atoms with E-state index in [9.17, 15) is 4.79 Å². The van der Waals surface area contributed by atoms with E-state index in [1.807, 2.05) is 44.7 Å². The lowest BCUT2D eigenvalue weighted by Gasteiger charge is -2.25. The zero-order valence-corrected chi connectivity index (χ0v) is 15.6. The molecule has 1 fully saturated rings. The van der Waals surface area contributed by atoms with Crippen LogP contribution < -0.4 is 5.32 Å². The van der Waals surface area contributed by atoms with Gasteiger partial charge < -0.3 is 15.0 Å². The largest absolute Gasteiger partial charge is 0.444 e. The number of carbonyl (C=O) groups is 1. The highest BCUT2D eigenvalue weighted by Gasteiger charge is 2.22. The molecule has 1 saturated heterocycles. The van der Waals surface area contributed by atoms with E-state index in [1.165, 1.54) is 6.42 Å². The van der Waals surface area contributed by atoms with E-state index >= 15 is 0 Å². The minimum absolute atomic E-state index is 0.295. The van der Waals surface area contributed by atoms with Crippen molar-refractivity contribution in [2.24, 2.45) is 0 Å². The molecule has 2 unspecified atom stereocenters. The van der Waals surface area contributed by atoms with E-state index in [0.717, 1.165) is 22.3 Å². The summed E-state index contributed by atoms with van der Waals surface area (Å²) in [5.74, 6) is 1.16. The van der Waals surface area contributed by atoms with Crippen molar-refractivity contribution in [1.29, 1.82) is 0 Å². The zero-order valence-electron chi connectivity index (χ0n) is 14.8. The van der Waals surface area contributed by atoms with Crippen molar-refractivity contribution in [3.8, 4) is 0 Å². The number of hydrogen-bond acceptors (Lipinski definition) is 4. The van der Waals surface area contributed by atoms with Gasteiger partial charge in [0.25, 0.3) is 0 Å². The lowest BCUT2D eigenvalue weighted by Crippen LogP contribution is -2.33. The Morgan fingerprint density at radius 2 is 2.17 bits per heavy atom. The van der Waals surface area contributed by atoms with Crippen molar-refractivity contribution < 1.29 is 9.53 Å². The maximum Gasteiger partial charge on any atom is 0.410 e. The van der Waals surface area contributed by atoms with Crippen LogP contribution in [0.2, 0.25) is 0 Å². The number of benzene rings is 1. The summed E-state index contributed by atoms with van der Waals surface area (Å²) in [6, 6.07) is 8.82. The highest BCUT2D eigenvalue weighted by molar-refractivity contribution is 8.00. The van der Waals surface area contributed by atoms with Crippen LogP contribution in [0.1, 0.15) is 39.7 Å².